The molecular weight excluding hydrogens is 275 g/mol. The first-order valence-corrected chi connectivity index (χ1v) is 6.93. The maximum atomic E-state index is 12.8. The molecule has 0 aromatic heterocycles. The van der Waals surface area contributed by atoms with Crippen molar-refractivity contribution in [1.29, 1.82) is 0 Å². The van der Waals surface area contributed by atoms with Gasteiger partial charge in [-0.2, -0.15) is 13.2 Å². The summed E-state index contributed by atoms with van der Waals surface area (Å²) in [7, 11) is 0. The van der Waals surface area contributed by atoms with Crippen molar-refractivity contribution in [2.24, 2.45) is 0 Å². The summed E-state index contributed by atoms with van der Waals surface area (Å²) in [6.45, 7) is 2.87. The Bertz CT molecular complexity index is 564. The van der Waals surface area contributed by atoms with E-state index in [9.17, 15) is 13.2 Å². The van der Waals surface area contributed by atoms with E-state index in [1.807, 2.05) is 37.3 Å². The van der Waals surface area contributed by atoms with Gasteiger partial charge in [-0.25, -0.2) is 0 Å². The second-order valence-corrected chi connectivity index (χ2v) is 4.93. The monoisotopic (exact) mass is 293 g/mol. The lowest BCUT2D eigenvalue weighted by Crippen LogP contribution is -2.41. The zero-order valence-corrected chi connectivity index (χ0v) is 11.8. The van der Waals surface area contributed by atoms with Gasteiger partial charge < -0.3 is 5.32 Å². The summed E-state index contributed by atoms with van der Waals surface area (Å²) in [5, 5.41) is 3.23. The summed E-state index contributed by atoms with van der Waals surface area (Å²) in [4.78, 5) is 0. The van der Waals surface area contributed by atoms with Gasteiger partial charge in [0.25, 0.3) is 0 Å². The molecule has 1 aromatic rings. The van der Waals surface area contributed by atoms with E-state index in [4.69, 9.17) is 0 Å². The predicted octanol–water partition coefficient (Wildman–Crippen LogP) is 4.58. The van der Waals surface area contributed by atoms with Crippen molar-refractivity contribution in [3.8, 4) is 0 Å². The van der Waals surface area contributed by atoms with Crippen molar-refractivity contribution in [3.63, 3.8) is 0 Å². The molecule has 1 saturated heterocycles. The number of rotatable bonds is 4. The Hall–Kier alpha value is -1.81. The van der Waals surface area contributed by atoms with Crippen LogP contribution in [0.2, 0.25) is 0 Å². The Balaban J connectivity index is 2.30. The summed E-state index contributed by atoms with van der Waals surface area (Å²) < 4.78 is 38.4. The van der Waals surface area contributed by atoms with Gasteiger partial charge in [0.15, 0.2) is 0 Å². The Kier molecular flexibility index (Phi) is 5.02. The van der Waals surface area contributed by atoms with Crippen molar-refractivity contribution in [3.05, 3.63) is 65.8 Å². The van der Waals surface area contributed by atoms with Gasteiger partial charge in [-0.3, -0.25) is 0 Å². The van der Waals surface area contributed by atoms with Gasteiger partial charge in [-0.05, 0) is 43.2 Å². The SMILES string of the molecule is C\C=C/C=C(\C=C\C1CCN1)c1cccc(C(F)(F)F)c1. The van der Waals surface area contributed by atoms with Gasteiger partial charge >= 0.3 is 6.18 Å². The van der Waals surface area contributed by atoms with E-state index in [0.717, 1.165) is 24.6 Å². The molecule has 0 radical (unpaired) electrons. The first-order valence-electron chi connectivity index (χ1n) is 6.93. The Morgan fingerprint density at radius 2 is 2.10 bits per heavy atom. The summed E-state index contributed by atoms with van der Waals surface area (Å²) in [5.41, 5.74) is 0.716. The van der Waals surface area contributed by atoms with Crippen LogP contribution in [0.3, 0.4) is 0 Å². The number of nitrogens with one attached hydrogen (secondary N) is 1. The van der Waals surface area contributed by atoms with E-state index in [2.05, 4.69) is 5.32 Å². The van der Waals surface area contributed by atoms with Crippen LogP contribution in [0.4, 0.5) is 13.2 Å². The zero-order valence-electron chi connectivity index (χ0n) is 11.8. The molecule has 0 bridgehead atoms. The van der Waals surface area contributed by atoms with E-state index in [-0.39, 0.29) is 0 Å². The number of benzene rings is 1. The summed E-state index contributed by atoms with van der Waals surface area (Å²) in [5.74, 6) is 0. The lowest BCUT2D eigenvalue weighted by Gasteiger charge is -2.24. The number of alkyl halides is 3. The van der Waals surface area contributed by atoms with Crippen molar-refractivity contribution >= 4 is 5.57 Å². The normalized spacial score (nSPS) is 20.2. The molecule has 1 nitrogen and oxygen atoms in total. The quantitative estimate of drug-likeness (QED) is 0.801. The standard InChI is InChI=1S/C17H18F3N/c1-2-3-5-13(8-9-16-10-11-21-16)14-6-4-7-15(12-14)17(18,19)20/h2-9,12,16,21H,10-11H2,1H3/b3-2-,9-8+,13-5+. The average molecular weight is 293 g/mol. The first kappa shape index (κ1) is 15.6. The van der Waals surface area contributed by atoms with E-state index < -0.39 is 11.7 Å². The first-order chi connectivity index (χ1) is 10.0. The highest BCUT2D eigenvalue weighted by Crippen LogP contribution is 2.31. The lowest BCUT2D eigenvalue weighted by molar-refractivity contribution is -0.137. The van der Waals surface area contributed by atoms with Gasteiger partial charge in [0, 0.05) is 6.04 Å². The smallest absolute Gasteiger partial charge is 0.310 e. The summed E-state index contributed by atoms with van der Waals surface area (Å²) >= 11 is 0. The third kappa shape index (κ3) is 4.33. The average Bonchev–Trinajstić information content (AvgIpc) is 2.40. The maximum Gasteiger partial charge on any atom is 0.416 e. The number of hydrogen-bond acceptors (Lipinski definition) is 1. The van der Waals surface area contributed by atoms with Gasteiger partial charge in [-0.15, -0.1) is 0 Å². The molecule has 1 fully saturated rings. The Morgan fingerprint density at radius 1 is 1.33 bits per heavy atom. The molecule has 1 unspecified atom stereocenters. The van der Waals surface area contributed by atoms with Gasteiger partial charge in [0.2, 0.25) is 0 Å². The van der Waals surface area contributed by atoms with Crippen molar-refractivity contribution in [1.82, 2.24) is 5.32 Å². The van der Waals surface area contributed by atoms with Crippen LogP contribution < -0.4 is 5.32 Å². The molecule has 4 heteroatoms. The van der Waals surface area contributed by atoms with Crippen LogP contribution in [-0.2, 0) is 6.18 Å². The van der Waals surface area contributed by atoms with E-state index in [1.165, 1.54) is 12.1 Å². The predicted molar refractivity (Wildman–Crippen MR) is 79.8 cm³/mol. The molecule has 0 amide bonds. The molecule has 1 aliphatic heterocycles. The third-order valence-electron chi connectivity index (χ3n) is 3.36. The fourth-order valence-corrected chi connectivity index (χ4v) is 2.02. The Morgan fingerprint density at radius 3 is 2.67 bits per heavy atom. The van der Waals surface area contributed by atoms with Crippen LogP contribution in [0.1, 0.15) is 24.5 Å². The molecule has 1 atom stereocenters. The molecule has 112 valence electrons. The minimum Gasteiger partial charge on any atom is -0.310 e. The van der Waals surface area contributed by atoms with Crippen LogP contribution in [0.5, 0.6) is 0 Å². The minimum absolute atomic E-state index is 0.324. The maximum absolute atomic E-state index is 12.8. The fourth-order valence-electron chi connectivity index (χ4n) is 2.02. The van der Waals surface area contributed by atoms with E-state index in [0.29, 0.717) is 11.6 Å². The van der Waals surface area contributed by atoms with Crippen LogP contribution in [-0.4, -0.2) is 12.6 Å². The van der Waals surface area contributed by atoms with E-state index in [1.54, 1.807) is 6.07 Å². The Labute approximate surface area is 122 Å². The van der Waals surface area contributed by atoms with Crippen LogP contribution >= 0.6 is 0 Å². The molecule has 1 aromatic carbocycles. The molecule has 0 spiro atoms. The minimum atomic E-state index is -4.32. The molecule has 2 rings (SSSR count). The van der Waals surface area contributed by atoms with Gasteiger partial charge in [0.1, 0.15) is 0 Å². The lowest BCUT2D eigenvalue weighted by atomic mass is 9.99. The molecule has 1 N–H and O–H groups in total. The second kappa shape index (κ2) is 6.76. The van der Waals surface area contributed by atoms with Crippen LogP contribution in [0.15, 0.2) is 54.6 Å². The number of hydrogen-bond donors (Lipinski definition) is 1. The molecular formula is C17H18F3N. The van der Waals surface area contributed by atoms with Gasteiger partial charge in [0.05, 0.1) is 5.56 Å². The highest BCUT2D eigenvalue weighted by molar-refractivity contribution is 5.75. The van der Waals surface area contributed by atoms with Gasteiger partial charge in [-0.1, -0.05) is 42.5 Å². The van der Waals surface area contributed by atoms with Crippen molar-refractivity contribution < 1.29 is 13.2 Å². The van der Waals surface area contributed by atoms with E-state index >= 15 is 0 Å². The molecule has 21 heavy (non-hydrogen) atoms. The topological polar surface area (TPSA) is 12.0 Å². The molecule has 1 aliphatic rings. The third-order valence-corrected chi connectivity index (χ3v) is 3.36. The van der Waals surface area contributed by atoms with Crippen molar-refractivity contribution in [2.75, 3.05) is 6.54 Å². The number of halogens is 3. The highest BCUT2D eigenvalue weighted by atomic mass is 19.4. The molecule has 1 heterocycles. The molecule has 0 saturated carbocycles. The fraction of sp³-hybridized carbons (Fsp3) is 0.294. The van der Waals surface area contributed by atoms with Crippen LogP contribution in [0.25, 0.3) is 5.57 Å². The van der Waals surface area contributed by atoms with Crippen molar-refractivity contribution in [2.45, 2.75) is 25.6 Å². The molecule has 0 aliphatic carbocycles. The highest BCUT2D eigenvalue weighted by Gasteiger charge is 2.30. The largest absolute Gasteiger partial charge is 0.416 e. The summed E-state index contributed by atoms with van der Waals surface area (Å²) in [6.07, 6.45) is 6.13. The van der Waals surface area contributed by atoms with Crippen LogP contribution in [0, 0.1) is 0 Å². The number of allylic oxidation sites excluding steroid dienone is 5. The summed E-state index contributed by atoms with van der Waals surface area (Å²) in [6, 6.07) is 5.74. The zero-order chi connectivity index (χ0) is 15.3. The second-order valence-electron chi connectivity index (χ2n) is 4.93.